The molecule has 0 spiro atoms. The van der Waals surface area contributed by atoms with Crippen molar-refractivity contribution in [3.8, 4) is 5.75 Å². The Hall–Kier alpha value is -1.29. The Bertz CT molecular complexity index is 416. The van der Waals surface area contributed by atoms with Gasteiger partial charge in [-0.25, -0.2) is 0 Å². The van der Waals surface area contributed by atoms with Crippen LogP contribution in [-0.2, 0) is 6.54 Å². The Balaban J connectivity index is 1.76. The molecule has 0 atom stereocenters. The lowest BCUT2D eigenvalue weighted by atomic mass is 9.96. The topological polar surface area (TPSA) is 33.3 Å². The average molecular weight is 278 g/mol. The van der Waals surface area contributed by atoms with E-state index in [-0.39, 0.29) is 0 Å². The first kappa shape index (κ1) is 14.1. The zero-order valence-corrected chi connectivity index (χ0v) is 12.3. The maximum absolute atomic E-state index is 5.34. The van der Waals surface area contributed by atoms with Crippen molar-refractivity contribution in [2.45, 2.75) is 44.7 Å². The molecule has 0 heterocycles. The van der Waals surface area contributed by atoms with Crippen molar-refractivity contribution < 1.29 is 4.74 Å². The minimum Gasteiger partial charge on any atom is -0.497 e. The van der Waals surface area contributed by atoms with E-state index in [1.807, 2.05) is 18.2 Å². The standard InChI is InChI=1S/C15H22N2OS/c1-18-14-9-5-6-12(10-14)11-16-15(19)17-13-7-3-2-4-8-13/h5-6,9-10,13H,2-4,7-8,11H2,1H3,(H2,16,17,19). The van der Waals surface area contributed by atoms with Crippen LogP contribution < -0.4 is 15.4 Å². The third-order valence-electron chi connectivity index (χ3n) is 3.53. The fourth-order valence-electron chi connectivity index (χ4n) is 2.45. The van der Waals surface area contributed by atoms with Gasteiger partial charge in [0.25, 0.3) is 0 Å². The van der Waals surface area contributed by atoms with Gasteiger partial charge in [-0.1, -0.05) is 31.4 Å². The first-order valence-electron chi connectivity index (χ1n) is 6.95. The van der Waals surface area contributed by atoms with Gasteiger partial charge >= 0.3 is 0 Å². The zero-order valence-electron chi connectivity index (χ0n) is 11.4. The van der Waals surface area contributed by atoms with Gasteiger partial charge in [0, 0.05) is 12.6 Å². The summed E-state index contributed by atoms with van der Waals surface area (Å²) in [6.07, 6.45) is 6.47. The molecule has 104 valence electrons. The summed E-state index contributed by atoms with van der Waals surface area (Å²) in [6, 6.07) is 8.59. The zero-order chi connectivity index (χ0) is 13.5. The number of nitrogens with one attached hydrogen (secondary N) is 2. The van der Waals surface area contributed by atoms with Gasteiger partial charge in [0.1, 0.15) is 5.75 Å². The molecule has 0 bridgehead atoms. The molecule has 0 aromatic heterocycles. The molecule has 3 nitrogen and oxygen atoms in total. The van der Waals surface area contributed by atoms with Crippen LogP contribution in [0.2, 0.25) is 0 Å². The Morgan fingerprint density at radius 2 is 2.11 bits per heavy atom. The molecule has 2 N–H and O–H groups in total. The summed E-state index contributed by atoms with van der Waals surface area (Å²) in [5.41, 5.74) is 1.17. The summed E-state index contributed by atoms with van der Waals surface area (Å²) in [7, 11) is 1.68. The van der Waals surface area contributed by atoms with E-state index in [0.29, 0.717) is 6.04 Å². The molecular formula is C15H22N2OS. The number of methoxy groups -OCH3 is 1. The van der Waals surface area contributed by atoms with Crippen molar-refractivity contribution in [1.82, 2.24) is 10.6 Å². The van der Waals surface area contributed by atoms with Crippen molar-refractivity contribution in [3.05, 3.63) is 29.8 Å². The number of ether oxygens (including phenoxy) is 1. The smallest absolute Gasteiger partial charge is 0.166 e. The SMILES string of the molecule is COc1cccc(CNC(=S)NC2CCCCC2)c1. The first-order valence-corrected chi connectivity index (χ1v) is 7.36. The lowest BCUT2D eigenvalue weighted by Gasteiger charge is -2.24. The predicted molar refractivity (Wildman–Crippen MR) is 82.4 cm³/mol. The van der Waals surface area contributed by atoms with Crippen molar-refractivity contribution in [2.75, 3.05) is 7.11 Å². The molecule has 0 unspecified atom stereocenters. The summed E-state index contributed by atoms with van der Waals surface area (Å²) in [5.74, 6) is 0.880. The fraction of sp³-hybridized carbons (Fsp3) is 0.533. The number of rotatable bonds is 4. The van der Waals surface area contributed by atoms with Gasteiger partial charge in [0.2, 0.25) is 0 Å². The van der Waals surface area contributed by atoms with Gasteiger partial charge in [-0.15, -0.1) is 0 Å². The lowest BCUT2D eigenvalue weighted by molar-refractivity contribution is 0.411. The largest absolute Gasteiger partial charge is 0.497 e. The van der Waals surface area contributed by atoms with Crippen LogP contribution in [0.15, 0.2) is 24.3 Å². The highest BCUT2D eigenvalue weighted by molar-refractivity contribution is 7.80. The van der Waals surface area contributed by atoms with Crippen LogP contribution in [0.1, 0.15) is 37.7 Å². The van der Waals surface area contributed by atoms with E-state index in [1.165, 1.54) is 37.7 Å². The molecule has 19 heavy (non-hydrogen) atoms. The fourth-order valence-corrected chi connectivity index (χ4v) is 2.69. The molecule has 0 amide bonds. The molecule has 1 aromatic rings. The molecule has 1 aromatic carbocycles. The van der Waals surface area contributed by atoms with Crippen molar-refractivity contribution in [1.29, 1.82) is 0 Å². The highest BCUT2D eigenvalue weighted by Gasteiger charge is 2.13. The monoisotopic (exact) mass is 278 g/mol. The van der Waals surface area contributed by atoms with E-state index in [4.69, 9.17) is 17.0 Å². The van der Waals surface area contributed by atoms with Crippen molar-refractivity contribution in [3.63, 3.8) is 0 Å². The van der Waals surface area contributed by atoms with Crippen LogP contribution in [0, 0.1) is 0 Å². The van der Waals surface area contributed by atoms with Crippen LogP contribution in [0.25, 0.3) is 0 Å². The first-order chi connectivity index (χ1) is 9.28. The van der Waals surface area contributed by atoms with E-state index in [9.17, 15) is 0 Å². The minimum atomic E-state index is 0.555. The summed E-state index contributed by atoms with van der Waals surface area (Å²) in [4.78, 5) is 0. The quantitative estimate of drug-likeness (QED) is 0.830. The number of hydrogen-bond donors (Lipinski definition) is 2. The highest BCUT2D eigenvalue weighted by atomic mass is 32.1. The average Bonchev–Trinajstić information content (AvgIpc) is 2.46. The van der Waals surface area contributed by atoms with Crippen molar-refractivity contribution in [2.24, 2.45) is 0 Å². The van der Waals surface area contributed by atoms with E-state index in [1.54, 1.807) is 7.11 Å². The van der Waals surface area contributed by atoms with Crippen LogP contribution in [0.4, 0.5) is 0 Å². The minimum absolute atomic E-state index is 0.555. The Morgan fingerprint density at radius 3 is 2.84 bits per heavy atom. The summed E-state index contributed by atoms with van der Waals surface area (Å²) in [5, 5.41) is 7.43. The summed E-state index contributed by atoms with van der Waals surface area (Å²) >= 11 is 5.34. The third kappa shape index (κ3) is 4.71. The Labute approximate surface area is 120 Å². The molecular weight excluding hydrogens is 256 g/mol. The third-order valence-corrected chi connectivity index (χ3v) is 3.79. The van der Waals surface area contributed by atoms with Gasteiger partial charge in [0.05, 0.1) is 7.11 Å². The van der Waals surface area contributed by atoms with Crippen LogP contribution >= 0.6 is 12.2 Å². The van der Waals surface area contributed by atoms with Gasteiger partial charge in [-0.3, -0.25) is 0 Å². The van der Waals surface area contributed by atoms with Gasteiger partial charge in [-0.2, -0.15) is 0 Å². The maximum Gasteiger partial charge on any atom is 0.166 e. The van der Waals surface area contributed by atoms with Gasteiger partial charge in [-0.05, 0) is 42.8 Å². The van der Waals surface area contributed by atoms with Gasteiger partial charge < -0.3 is 15.4 Å². The van der Waals surface area contributed by atoms with Crippen LogP contribution in [0.5, 0.6) is 5.75 Å². The Kier molecular flexibility index (Phi) is 5.45. The molecule has 2 rings (SSSR count). The number of benzene rings is 1. The molecule has 0 aliphatic heterocycles. The second-order valence-electron chi connectivity index (χ2n) is 5.01. The summed E-state index contributed by atoms with van der Waals surface area (Å²) in [6.45, 7) is 0.732. The molecule has 1 fully saturated rings. The highest BCUT2D eigenvalue weighted by Crippen LogP contribution is 2.17. The molecule has 1 aliphatic rings. The Morgan fingerprint density at radius 1 is 1.32 bits per heavy atom. The van der Waals surface area contributed by atoms with E-state index < -0.39 is 0 Å². The van der Waals surface area contributed by atoms with E-state index >= 15 is 0 Å². The predicted octanol–water partition coefficient (Wildman–Crippen LogP) is 2.99. The molecule has 1 saturated carbocycles. The second-order valence-corrected chi connectivity index (χ2v) is 5.42. The molecule has 1 aliphatic carbocycles. The van der Waals surface area contributed by atoms with Gasteiger partial charge in [0.15, 0.2) is 5.11 Å². The molecule has 0 radical (unpaired) electrons. The van der Waals surface area contributed by atoms with Crippen LogP contribution in [0.3, 0.4) is 0 Å². The van der Waals surface area contributed by atoms with Crippen molar-refractivity contribution >= 4 is 17.3 Å². The van der Waals surface area contributed by atoms with Crippen LogP contribution in [-0.4, -0.2) is 18.3 Å². The molecule has 0 saturated heterocycles. The van der Waals surface area contributed by atoms with E-state index in [0.717, 1.165) is 17.4 Å². The normalized spacial score (nSPS) is 15.8. The number of hydrogen-bond acceptors (Lipinski definition) is 2. The lowest BCUT2D eigenvalue weighted by Crippen LogP contribution is -2.42. The maximum atomic E-state index is 5.34. The molecule has 4 heteroatoms. The van der Waals surface area contributed by atoms with E-state index in [2.05, 4.69) is 16.7 Å². The number of thiocarbonyl (C=S) groups is 1. The summed E-state index contributed by atoms with van der Waals surface area (Å²) < 4.78 is 5.21. The second kappa shape index (κ2) is 7.34.